The summed E-state index contributed by atoms with van der Waals surface area (Å²) in [5.41, 5.74) is -11.5. The molecule has 0 spiro atoms. The van der Waals surface area contributed by atoms with Crippen molar-refractivity contribution >= 4 is 28.0 Å². The maximum atomic E-state index is 15.4. The van der Waals surface area contributed by atoms with Crippen LogP contribution in [0.5, 0.6) is 0 Å². The average Bonchev–Trinajstić information content (AvgIpc) is 3.20. The number of halogens is 20. The predicted octanol–water partition coefficient (Wildman–Crippen LogP) is 7.27. The minimum absolute atomic E-state index is 1.16. The minimum Gasteiger partial charge on any atom is -0.332 e. The van der Waals surface area contributed by atoms with Crippen molar-refractivity contribution in [2.24, 2.45) is 0 Å². The van der Waals surface area contributed by atoms with E-state index in [0.717, 1.165) is 6.54 Å². The Kier molecular flexibility index (Phi) is 13.2. The van der Waals surface area contributed by atoms with Crippen LogP contribution in [-0.4, -0.2) is 19.2 Å². The third kappa shape index (κ3) is 7.12. The second-order valence-corrected chi connectivity index (χ2v) is 12.4. The zero-order valence-electron chi connectivity index (χ0n) is 29.1. The van der Waals surface area contributed by atoms with Crippen LogP contribution in [0.25, 0.3) is 0 Å². The zero-order valence-corrected chi connectivity index (χ0v) is 29.1. The third-order valence-corrected chi connectivity index (χ3v) is 9.28. The quantitative estimate of drug-likeness (QED) is 0.0726. The first-order valence-corrected chi connectivity index (χ1v) is 16.1. The molecular weight excluding hydrogens is 837 g/mol. The van der Waals surface area contributed by atoms with Crippen LogP contribution in [-0.2, 0) is 6.54 Å². The molecule has 0 unspecified atom stereocenters. The van der Waals surface area contributed by atoms with Crippen LogP contribution in [0.3, 0.4) is 0 Å². The van der Waals surface area contributed by atoms with Gasteiger partial charge in [-0.25, -0.2) is 87.8 Å². The van der Waals surface area contributed by atoms with E-state index in [-0.39, 0.29) is 0 Å². The minimum atomic E-state index is -7.22. The summed E-state index contributed by atoms with van der Waals surface area (Å²) in [6, 6.07) is 8.86. The first-order chi connectivity index (χ1) is 27.0. The van der Waals surface area contributed by atoms with Gasteiger partial charge in [0.25, 0.3) is 0 Å². The second kappa shape index (κ2) is 16.9. The molecule has 0 aliphatic heterocycles. The van der Waals surface area contributed by atoms with Gasteiger partial charge in [-0.3, -0.25) is 0 Å². The Hall–Kier alpha value is -5.28. The molecule has 0 radical (unpaired) electrons. The molecule has 1 nitrogen and oxygen atoms in total. The van der Waals surface area contributed by atoms with E-state index >= 15 is 35.1 Å². The van der Waals surface area contributed by atoms with E-state index in [1.165, 1.54) is 24.2 Å². The molecule has 1 N–H and O–H groups in total. The second-order valence-electron chi connectivity index (χ2n) is 12.4. The lowest BCUT2D eigenvalue weighted by molar-refractivity contribution is -0.910. The Morgan fingerprint density at radius 3 is 0.707 bits per heavy atom. The molecule has 0 aliphatic rings. The Morgan fingerprint density at radius 1 is 0.328 bits per heavy atom. The fourth-order valence-corrected chi connectivity index (χ4v) is 6.37. The van der Waals surface area contributed by atoms with E-state index in [2.05, 4.69) is 45.0 Å². The number of nitrogens with one attached hydrogen (secondary N) is 1. The Morgan fingerprint density at radius 2 is 0.517 bits per heavy atom. The molecule has 0 fully saturated rings. The van der Waals surface area contributed by atoms with Crippen molar-refractivity contribution in [1.29, 1.82) is 0 Å². The largest absolute Gasteiger partial charge is 0.332 e. The van der Waals surface area contributed by atoms with Gasteiger partial charge in [0.2, 0.25) is 0 Å². The Bertz CT molecular complexity index is 2030. The summed E-state index contributed by atoms with van der Waals surface area (Å²) < 4.78 is 294. The molecular formula is C36H20BF20N. The highest BCUT2D eigenvalue weighted by Crippen LogP contribution is 2.30. The normalized spacial score (nSPS) is 11.7. The maximum Gasteiger partial charge on any atom is 0.200 e. The summed E-state index contributed by atoms with van der Waals surface area (Å²) in [5.74, 6) is -71.4. The smallest absolute Gasteiger partial charge is 0.200 e. The highest BCUT2D eigenvalue weighted by atomic mass is 19.2. The highest BCUT2D eigenvalue weighted by Gasteiger charge is 2.52. The number of quaternary nitrogens is 1. The third-order valence-electron chi connectivity index (χ3n) is 9.28. The first kappa shape index (κ1) is 45.4. The van der Waals surface area contributed by atoms with Gasteiger partial charge in [0.05, 0.1) is 13.1 Å². The molecule has 0 aromatic heterocycles. The molecule has 5 aromatic rings. The van der Waals surface area contributed by atoms with Gasteiger partial charge in [0.1, 0.15) is 59.2 Å². The van der Waals surface area contributed by atoms with Crippen molar-refractivity contribution in [3.63, 3.8) is 0 Å². The van der Waals surface area contributed by atoms with E-state index in [1.54, 1.807) is 4.90 Å². The predicted molar refractivity (Wildman–Crippen MR) is 166 cm³/mol. The topological polar surface area (TPSA) is 4.44 Å². The van der Waals surface area contributed by atoms with Crippen molar-refractivity contribution in [3.8, 4) is 0 Å². The maximum absolute atomic E-state index is 15.4. The average molecular weight is 857 g/mol. The summed E-state index contributed by atoms with van der Waals surface area (Å²) >= 11 is 0. The fraction of sp³-hybridized carbons (Fsp3) is 0.167. The zero-order chi connectivity index (χ0) is 44.0. The summed E-state index contributed by atoms with van der Waals surface area (Å²) in [6.45, 7) is 10.2. The van der Waals surface area contributed by atoms with Crippen molar-refractivity contribution in [2.75, 3.05) is 13.1 Å². The molecule has 5 rings (SSSR count). The molecule has 5 aromatic carbocycles. The molecule has 0 bridgehead atoms. The van der Waals surface area contributed by atoms with Crippen LogP contribution >= 0.6 is 0 Å². The van der Waals surface area contributed by atoms with E-state index in [1.807, 2.05) is 0 Å². The van der Waals surface area contributed by atoms with Gasteiger partial charge < -0.3 is 4.90 Å². The molecule has 0 atom stereocenters. The van der Waals surface area contributed by atoms with Crippen LogP contribution in [0.1, 0.15) is 25.0 Å². The monoisotopic (exact) mass is 857 g/mol. The van der Waals surface area contributed by atoms with Crippen LogP contribution < -0.4 is 26.8 Å². The van der Waals surface area contributed by atoms with Gasteiger partial charge in [-0.1, -0.05) is 29.8 Å². The van der Waals surface area contributed by atoms with Crippen molar-refractivity contribution < 1.29 is 92.7 Å². The molecule has 0 saturated heterocycles. The summed E-state index contributed by atoms with van der Waals surface area (Å²) in [5, 5.41) is 0. The van der Waals surface area contributed by atoms with Gasteiger partial charge in [0.15, 0.2) is 69.8 Å². The van der Waals surface area contributed by atoms with Gasteiger partial charge in [0, 0.05) is 5.56 Å². The van der Waals surface area contributed by atoms with E-state index in [0.29, 0.717) is 0 Å². The van der Waals surface area contributed by atoms with Crippen molar-refractivity contribution in [1.82, 2.24) is 0 Å². The number of aryl methyl sites for hydroxylation is 1. The Labute approximate surface area is 313 Å². The first-order valence-electron chi connectivity index (χ1n) is 16.1. The van der Waals surface area contributed by atoms with Crippen molar-refractivity contribution in [3.05, 3.63) is 152 Å². The van der Waals surface area contributed by atoms with Crippen LogP contribution in [0.2, 0.25) is 0 Å². The number of rotatable bonds is 8. The van der Waals surface area contributed by atoms with Gasteiger partial charge in [-0.2, -0.15) is 0 Å². The molecule has 0 aliphatic carbocycles. The van der Waals surface area contributed by atoms with Crippen LogP contribution in [0, 0.1) is 123 Å². The molecule has 22 heteroatoms. The van der Waals surface area contributed by atoms with Gasteiger partial charge in [-0.15, -0.1) is 21.9 Å². The number of benzene rings is 5. The standard InChI is InChI=1S/C24BF20.C12H19N/c26-5-1(6(27)14(35)21(42)13(5)34)25(2-7(28)15(36)22(43)16(37)8(2)29,3-9(30)17(38)23(44)18(39)10(3)31)4-11(32)19(40)24(45)20(41)12(4)33;1-4-13(5-2)10-12-8-6-11(3)7-9-12/h;6-9H,4-5,10H2,1-3H3/q-1;/p+1. The fourth-order valence-electron chi connectivity index (χ4n) is 6.37. The van der Waals surface area contributed by atoms with E-state index in [4.69, 9.17) is 0 Å². The summed E-state index contributed by atoms with van der Waals surface area (Å²) in [7, 11) is 0. The highest BCUT2D eigenvalue weighted by molar-refractivity contribution is 7.20. The molecule has 0 heterocycles. The van der Waals surface area contributed by atoms with E-state index in [9.17, 15) is 52.7 Å². The molecule has 0 amide bonds. The SMILES string of the molecule is CC[NH+](CC)Cc1ccc(C)cc1.Fc1c(F)c(F)c([B-](c2c(F)c(F)c(F)c(F)c2F)(c2c(F)c(F)c(F)c(F)c2F)c2c(F)c(F)c(F)c(F)c2F)c(F)c1F. The Balaban J connectivity index is 0.000000486. The van der Waals surface area contributed by atoms with Gasteiger partial charge in [-0.05, 0) is 20.8 Å². The van der Waals surface area contributed by atoms with E-state index < -0.39 is 144 Å². The van der Waals surface area contributed by atoms with Gasteiger partial charge >= 0.3 is 0 Å². The van der Waals surface area contributed by atoms with Crippen LogP contribution in [0.4, 0.5) is 87.8 Å². The van der Waals surface area contributed by atoms with Crippen LogP contribution in [0.15, 0.2) is 24.3 Å². The molecule has 58 heavy (non-hydrogen) atoms. The number of hydrogen-bond acceptors (Lipinski definition) is 0. The summed E-state index contributed by atoms with van der Waals surface area (Å²) in [4.78, 5) is 1.64. The lowest BCUT2D eigenvalue weighted by atomic mass is 9.12. The lowest BCUT2D eigenvalue weighted by Gasteiger charge is -2.44. The molecule has 0 saturated carbocycles. The molecule has 312 valence electrons. The van der Waals surface area contributed by atoms with Crippen molar-refractivity contribution in [2.45, 2.75) is 27.3 Å². The lowest BCUT2D eigenvalue weighted by Crippen LogP contribution is -3.10. The number of hydrogen-bond donors (Lipinski definition) is 1. The summed E-state index contributed by atoms with van der Waals surface area (Å²) in [6.07, 6.45) is -7.22.